The Bertz CT molecular complexity index is 716. The number of furan rings is 1. The Morgan fingerprint density at radius 2 is 2.13 bits per heavy atom. The summed E-state index contributed by atoms with van der Waals surface area (Å²) in [5.41, 5.74) is 0.743. The van der Waals surface area contributed by atoms with E-state index in [4.69, 9.17) is 25.5 Å². The molecule has 0 aliphatic heterocycles. The number of aryl methyl sites for hydroxylation is 1. The van der Waals surface area contributed by atoms with Crippen molar-refractivity contribution in [3.63, 3.8) is 0 Å². The van der Waals surface area contributed by atoms with Crippen LogP contribution >= 0.6 is 11.6 Å². The van der Waals surface area contributed by atoms with Gasteiger partial charge in [-0.25, -0.2) is 0 Å². The van der Waals surface area contributed by atoms with Crippen LogP contribution in [0.15, 0.2) is 34.8 Å². The van der Waals surface area contributed by atoms with Crippen LogP contribution in [0.2, 0.25) is 5.02 Å². The molecule has 0 unspecified atom stereocenters. The van der Waals surface area contributed by atoms with E-state index in [9.17, 15) is 4.79 Å². The first-order chi connectivity index (χ1) is 11.0. The minimum Gasteiger partial charge on any atom is -0.493 e. The number of methoxy groups -OCH3 is 1. The number of rotatable bonds is 7. The average molecular weight is 335 g/mol. The average Bonchev–Trinajstić information content (AvgIpc) is 2.97. The highest BCUT2D eigenvalue weighted by atomic mass is 35.5. The molecule has 1 aromatic heterocycles. The zero-order valence-corrected chi connectivity index (χ0v) is 14.1. The minimum absolute atomic E-state index is 0.209. The second-order valence-electron chi connectivity index (χ2n) is 4.99. The van der Waals surface area contributed by atoms with E-state index in [-0.39, 0.29) is 5.78 Å². The van der Waals surface area contributed by atoms with E-state index in [1.165, 1.54) is 6.08 Å². The lowest BCUT2D eigenvalue weighted by molar-refractivity contribution is 0.102. The quantitative estimate of drug-likeness (QED) is 0.532. The van der Waals surface area contributed by atoms with Crippen LogP contribution in [0.5, 0.6) is 11.5 Å². The molecule has 0 saturated heterocycles. The van der Waals surface area contributed by atoms with Gasteiger partial charge in [0.1, 0.15) is 5.76 Å². The maximum absolute atomic E-state index is 12.0. The van der Waals surface area contributed by atoms with Crippen LogP contribution in [0, 0.1) is 6.92 Å². The molecule has 0 amide bonds. The van der Waals surface area contributed by atoms with Gasteiger partial charge < -0.3 is 13.9 Å². The first kappa shape index (κ1) is 17.2. The van der Waals surface area contributed by atoms with E-state index in [1.54, 1.807) is 44.4 Å². The van der Waals surface area contributed by atoms with Crippen molar-refractivity contribution in [2.24, 2.45) is 0 Å². The van der Waals surface area contributed by atoms with Crippen molar-refractivity contribution in [3.05, 3.63) is 52.4 Å². The SMILES string of the molecule is CCCOc1c(Cl)cc(/C=C/C(=O)c2ccc(C)o2)cc1OC. The van der Waals surface area contributed by atoms with Gasteiger partial charge in [-0.15, -0.1) is 0 Å². The number of ether oxygens (including phenoxy) is 2. The number of carbonyl (C=O) groups excluding carboxylic acids is 1. The topological polar surface area (TPSA) is 48.7 Å². The molecule has 1 heterocycles. The third-order valence-electron chi connectivity index (χ3n) is 3.11. The summed E-state index contributed by atoms with van der Waals surface area (Å²) in [7, 11) is 1.55. The standard InChI is InChI=1S/C18H19ClO4/c1-4-9-22-18-14(19)10-13(11-17(18)21-3)6-7-15(20)16-8-5-12(2)23-16/h5-8,10-11H,4,9H2,1-3H3/b7-6+. The van der Waals surface area contributed by atoms with Gasteiger partial charge in [0.15, 0.2) is 17.3 Å². The first-order valence-electron chi connectivity index (χ1n) is 7.34. The van der Waals surface area contributed by atoms with Gasteiger partial charge in [0.25, 0.3) is 0 Å². The maximum atomic E-state index is 12.0. The molecular formula is C18H19ClO4. The Labute approximate surface area is 140 Å². The third kappa shape index (κ3) is 4.39. The number of ketones is 1. The normalized spacial score (nSPS) is 11.0. The van der Waals surface area contributed by atoms with Gasteiger partial charge in [0.05, 0.1) is 18.7 Å². The van der Waals surface area contributed by atoms with Crippen LogP contribution in [0.3, 0.4) is 0 Å². The Kier molecular flexibility index (Phi) is 5.88. The van der Waals surface area contributed by atoms with E-state index in [0.29, 0.717) is 34.6 Å². The van der Waals surface area contributed by atoms with Crippen molar-refractivity contribution in [1.82, 2.24) is 0 Å². The van der Waals surface area contributed by atoms with E-state index in [0.717, 1.165) is 12.0 Å². The summed E-state index contributed by atoms with van der Waals surface area (Å²) >= 11 is 6.24. The van der Waals surface area contributed by atoms with Crippen molar-refractivity contribution in [3.8, 4) is 11.5 Å². The van der Waals surface area contributed by atoms with Gasteiger partial charge in [-0.3, -0.25) is 4.79 Å². The number of hydrogen-bond donors (Lipinski definition) is 0. The largest absolute Gasteiger partial charge is 0.493 e. The molecule has 0 spiro atoms. The molecule has 122 valence electrons. The monoisotopic (exact) mass is 334 g/mol. The molecule has 0 fully saturated rings. The molecule has 2 aromatic rings. The van der Waals surface area contributed by atoms with Crippen molar-refractivity contribution in [2.75, 3.05) is 13.7 Å². The van der Waals surface area contributed by atoms with Crippen LogP contribution in [0.4, 0.5) is 0 Å². The van der Waals surface area contributed by atoms with Crippen LogP contribution in [-0.4, -0.2) is 19.5 Å². The lowest BCUT2D eigenvalue weighted by atomic mass is 10.1. The predicted molar refractivity (Wildman–Crippen MR) is 90.6 cm³/mol. The summed E-state index contributed by atoms with van der Waals surface area (Å²) in [4.78, 5) is 12.0. The van der Waals surface area contributed by atoms with E-state index in [1.807, 2.05) is 6.92 Å². The summed E-state index contributed by atoms with van der Waals surface area (Å²) in [5, 5.41) is 0.443. The third-order valence-corrected chi connectivity index (χ3v) is 3.39. The Morgan fingerprint density at radius 1 is 1.35 bits per heavy atom. The highest BCUT2D eigenvalue weighted by Gasteiger charge is 2.12. The minimum atomic E-state index is -0.209. The van der Waals surface area contributed by atoms with Gasteiger partial charge in [-0.1, -0.05) is 24.6 Å². The zero-order valence-electron chi connectivity index (χ0n) is 13.4. The Balaban J connectivity index is 2.21. The second kappa shape index (κ2) is 7.88. The fourth-order valence-corrected chi connectivity index (χ4v) is 2.27. The van der Waals surface area contributed by atoms with Crippen LogP contribution in [0.1, 0.15) is 35.2 Å². The number of hydrogen-bond acceptors (Lipinski definition) is 4. The van der Waals surface area contributed by atoms with Gasteiger partial charge in [-0.05, 0) is 49.2 Å². The maximum Gasteiger partial charge on any atom is 0.221 e. The summed E-state index contributed by atoms with van der Waals surface area (Å²) in [6.07, 6.45) is 3.98. The number of halogens is 1. The van der Waals surface area contributed by atoms with Crippen molar-refractivity contribution < 1.29 is 18.7 Å². The molecule has 0 atom stereocenters. The fraction of sp³-hybridized carbons (Fsp3) is 0.278. The Morgan fingerprint density at radius 3 is 2.74 bits per heavy atom. The van der Waals surface area contributed by atoms with E-state index in [2.05, 4.69) is 0 Å². The van der Waals surface area contributed by atoms with Crippen LogP contribution in [0.25, 0.3) is 6.08 Å². The lowest BCUT2D eigenvalue weighted by Gasteiger charge is -2.12. The van der Waals surface area contributed by atoms with E-state index < -0.39 is 0 Å². The molecule has 23 heavy (non-hydrogen) atoms. The highest BCUT2D eigenvalue weighted by Crippen LogP contribution is 2.36. The van der Waals surface area contributed by atoms with Crippen molar-refractivity contribution in [1.29, 1.82) is 0 Å². The summed E-state index contributed by atoms with van der Waals surface area (Å²) < 4.78 is 16.2. The molecule has 1 aromatic carbocycles. The van der Waals surface area contributed by atoms with Crippen molar-refractivity contribution in [2.45, 2.75) is 20.3 Å². The summed E-state index contributed by atoms with van der Waals surface area (Å²) in [5.74, 6) is 1.84. The molecule has 4 nitrogen and oxygen atoms in total. The summed E-state index contributed by atoms with van der Waals surface area (Å²) in [6, 6.07) is 6.90. The molecule has 5 heteroatoms. The predicted octanol–water partition coefficient (Wildman–Crippen LogP) is 4.93. The van der Waals surface area contributed by atoms with Gasteiger partial charge in [0.2, 0.25) is 5.78 Å². The van der Waals surface area contributed by atoms with Crippen molar-refractivity contribution >= 4 is 23.5 Å². The van der Waals surface area contributed by atoms with Crippen LogP contribution < -0.4 is 9.47 Å². The lowest BCUT2D eigenvalue weighted by Crippen LogP contribution is -1.99. The molecule has 0 aliphatic rings. The molecule has 0 bridgehead atoms. The molecule has 0 radical (unpaired) electrons. The number of carbonyl (C=O) groups is 1. The van der Waals surface area contributed by atoms with E-state index >= 15 is 0 Å². The molecule has 2 rings (SSSR count). The fourth-order valence-electron chi connectivity index (χ4n) is 2.00. The zero-order chi connectivity index (χ0) is 16.8. The first-order valence-corrected chi connectivity index (χ1v) is 7.72. The number of allylic oxidation sites excluding steroid dienone is 1. The smallest absolute Gasteiger partial charge is 0.221 e. The summed E-state index contributed by atoms with van der Waals surface area (Å²) in [6.45, 7) is 4.36. The second-order valence-corrected chi connectivity index (χ2v) is 5.40. The molecule has 0 N–H and O–H groups in total. The van der Waals surface area contributed by atoms with Gasteiger partial charge in [0, 0.05) is 0 Å². The highest BCUT2D eigenvalue weighted by molar-refractivity contribution is 6.32. The Hall–Kier alpha value is -2.20. The van der Waals surface area contributed by atoms with Crippen LogP contribution in [-0.2, 0) is 0 Å². The molecule has 0 aliphatic carbocycles. The molecular weight excluding hydrogens is 316 g/mol. The molecule has 0 saturated carbocycles. The van der Waals surface area contributed by atoms with Gasteiger partial charge >= 0.3 is 0 Å². The van der Waals surface area contributed by atoms with Gasteiger partial charge in [-0.2, -0.15) is 0 Å². The number of benzene rings is 1.